The molecule has 4 nitrogen and oxygen atoms in total. The second-order valence-corrected chi connectivity index (χ2v) is 7.68. The molecule has 3 aromatic rings. The molecule has 4 rings (SSSR count). The van der Waals surface area contributed by atoms with E-state index >= 15 is 0 Å². The number of carbonyl (C=O) groups is 1. The minimum absolute atomic E-state index is 0.322. The Morgan fingerprint density at radius 1 is 1.03 bits per heavy atom. The summed E-state index contributed by atoms with van der Waals surface area (Å²) in [6.07, 6.45) is 6.29. The maximum atomic E-state index is 14.5. The molecule has 0 saturated carbocycles. The van der Waals surface area contributed by atoms with E-state index in [2.05, 4.69) is 10.2 Å². The van der Waals surface area contributed by atoms with Gasteiger partial charge in [0.05, 0.1) is 5.69 Å². The molecule has 1 N–H and O–H groups in total. The van der Waals surface area contributed by atoms with Crippen LogP contribution in [0.4, 0.5) is 15.8 Å². The topological polar surface area (TPSA) is 45.5 Å². The lowest BCUT2D eigenvalue weighted by Gasteiger charge is -2.29. The van der Waals surface area contributed by atoms with Gasteiger partial charge in [-0.25, -0.2) is 4.39 Å². The highest BCUT2D eigenvalue weighted by Gasteiger charge is 2.15. The second-order valence-electron chi connectivity index (χ2n) is 7.25. The number of furan rings is 1. The van der Waals surface area contributed by atoms with Crippen molar-refractivity contribution in [2.45, 2.75) is 19.3 Å². The van der Waals surface area contributed by atoms with Crippen LogP contribution >= 0.6 is 11.6 Å². The van der Waals surface area contributed by atoms with Gasteiger partial charge in [0.25, 0.3) is 0 Å². The molecule has 0 spiro atoms. The number of benzene rings is 2. The van der Waals surface area contributed by atoms with Crippen LogP contribution in [-0.4, -0.2) is 19.0 Å². The normalized spacial score (nSPS) is 14.3. The average Bonchev–Trinajstić information content (AvgIpc) is 3.23. The molecule has 154 valence electrons. The quantitative estimate of drug-likeness (QED) is 0.483. The molecular weight excluding hydrogens is 403 g/mol. The van der Waals surface area contributed by atoms with Crippen LogP contribution in [0.2, 0.25) is 5.02 Å². The molecule has 1 aliphatic heterocycles. The van der Waals surface area contributed by atoms with Crippen LogP contribution in [-0.2, 0) is 4.79 Å². The van der Waals surface area contributed by atoms with Crippen molar-refractivity contribution in [1.29, 1.82) is 0 Å². The molecule has 0 bridgehead atoms. The van der Waals surface area contributed by atoms with E-state index in [1.807, 2.05) is 18.2 Å². The molecule has 0 radical (unpaired) electrons. The third-order valence-corrected chi connectivity index (χ3v) is 5.32. The van der Waals surface area contributed by atoms with Crippen molar-refractivity contribution < 1.29 is 13.6 Å². The molecular formula is C24H22ClFN2O2. The van der Waals surface area contributed by atoms with Gasteiger partial charge in [-0.3, -0.25) is 4.79 Å². The molecule has 0 atom stereocenters. The Bertz CT molecular complexity index is 1050. The van der Waals surface area contributed by atoms with Crippen molar-refractivity contribution >= 4 is 35.0 Å². The third-order valence-electron chi connectivity index (χ3n) is 5.07. The van der Waals surface area contributed by atoms with Gasteiger partial charge in [0.2, 0.25) is 5.91 Å². The maximum absolute atomic E-state index is 14.5. The Morgan fingerprint density at radius 3 is 2.53 bits per heavy atom. The molecule has 1 aromatic heterocycles. The molecule has 2 heterocycles. The Balaban J connectivity index is 1.38. The van der Waals surface area contributed by atoms with Crippen molar-refractivity contribution in [3.63, 3.8) is 0 Å². The summed E-state index contributed by atoms with van der Waals surface area (Å²) in [4.78, 5) is 14.3. The first-order valence-corrected chi connectivity index (χ1v) is 10.4. The summed E-state index contributed by atoms with van der Waals surface area (Å²) >= 11 is 5.90. The highest BCUT2D eigenvalue weighted by Crippen LogP contribution is 2.26. The molecule has 6 heteroatoms. The molecule has 0 unspecified atom stereocenters. The molecule has 0 aliphatic carbocycles. The third kappa shape index (κ3) is 4.92. The molecule has 2 aromatic carbocycles. The number of amides is 1. The molecule has 1 amide bonds. The Labute approximate surface area is 180 Å². The summed E-state index contributed by atoms with van der Waals surface area (Å²) in [7, 11) is 0. The van der Waals surface area contributed by atoms with Crippen LogP contribution in [0.15, 0.2) is 65.1 Å². The standard InChI is InChI=1S/C24H22ClFN2O2/c25-18-6-4-17(5-7-18)23-12-9-20(30-23)10-13-24(29)27-19-8-11-22(21(26)16-19)28-14-2-1-3-15-28/h4-13,16H,1-3,14-15H2,(H,27,29)/b13-10+. The number of halogens is 2. The van der Waals surface area contributed by atoms with E-state index in [0.717, 1.165) is 31.5 Å². The van der Waals surface area contributed by atoms with E-state index in [1.54, 1.807) is 36.4 Å². The first-order chi connectivity index (χ1) is 14.6. The van der Waals surface area contributed by atoms with E-state index in [9.17, 15) is 9.18 Å². The lowest BCUT2D eigenvalue weighted by atomic mass is 10.1. The van der Waals surface area contributed by atoms with E-state index in [-0.39, 0.29) is 11.7 Å². The van der Waals surface area contributed by atoms with Crippen molar-refractivity contribution in [3.05, 3.63) is 77.3 Å². The number of piperidine rings is 1. The summed E-state index contributed by atoms with van der Waals surface area (Å²) in [6.45, 7) is 1.74. The largest absolute Gasteiger partial charge is 0.457 e. The van der Waals surface area contributed by atoms with Crippen molar-refractivity contribution in [1.82, 2.24) is 0 Å². The first kappa shape index (κ1) is 20.2. The van der Waals surface area contributed by atoms with Crippen LogP contribution in [0.25, 0.3) is 17.4 Å². The van der Waals surface area contributed by atoms with Gasteiger partial charge < -0.3 is 14.6 Å². The zero-order valence-corrected chi connectivity index (χ0v) is 17.2. The highest BCUT2D eigenvalue weighted by atomic mass is 35.5. The molecule has 1 aliphatic rings. The Morgan fingerprint density at radius 2 is 1.80 bits per heavy atom. The molecule has 1 saturated heterocycles. The SMILES string of the molecule is O=C(/C=C/c1ccc(-c2ccc(Cl)cc2)o1)Nc1ccc(N2CCCCC2)c(F)c1. The number of hydrogen-bond acceptors (Lipinski definition) is 3. The average molecular weight is 425 g/mol. The molecule has 1 fully saturated rings. The summed E-state index contributed by atoms with van der Waals surface area (Å²) in [5, 5.41) is 3.34. The van der Waals surface area contributed by atoms with Crippen molar-refractivity contribution in [3.8, 4) is 11.3 Å². The van der Waals surface area contributed by atoms with Gasteiger partial charge in [-0.2, -0.15) is 0 Å². The number of nitrogens with one attached hydrogen (secondary N) is 1. The summed E-state index contributed by atoms with van der Waals surface area (Å²) in [5.41, 5.74) is 1.91. The van der Waals surface area contributed by atoms with Gasteiger partial charge in [0, 0.05) is 35.4 Å². The van der Waals surface area contributed by atoms with Crippen LogP contribution in [0.3, 0.4) is 0 Å². The lowest BCUT2D eigenvalue weighted by molar-refractivity contribution is -0.111. The lowest BCUT2D eigenvalue weighted by Crippen LogP contribution is -2.30. The fourth-order valence-electron chi connectivity index (χ4n) is 3.53. The molecule has 30 heavy (non-hydrogen) atoms. The minimum Gasteiger partial charge on any atom is -0.457 e. The fourth-order valence-corrected chi connectivity index (χ4v) is 3.66. The van der Waals surface area contributed by atoms with Crippen LogP contribution in [0, 0.1) is 5.82 Å². The number of rotatable bonds is 5. The summed E-state index contributed by atoms with van der Waals surface area (Å²) in [6, 6.07) is 15.7. The Hall–Kier alpha value is -3.05. The van der Waals surface area contributed by atoms with E-state index in [4.69, 9.17) is 16.0 Å². The van der Waals surface area contributed by atoms with Gasteiger partial charge in [-0.1, -0.05) is 11.6 Å². The summed E-state index contributed by atoms with van der Waals surface area (Å²) < 4.78 is 20.2. The number of anilines is 2. The number of carbonyl (C=O) groups excluding carboxylic acids is 1. The van der Waals surface area contributed by atoms with E-state index in [0.29, 0.717) is 27.9 Å². The van der Waals surface area contributed by atoms with Crippen molar-refractivity contribution in [2.24, 2.45) is 0 Å². The monoisotopic (exact) mass is 424 g/mol. The fraction of sp³-hybridized carbons (Fsp3) is 0.208. The predicted molar refractivity (Wildman–Crippen MR) is 119 cm³/mol. The van der Waals surface area contributed by atoms with Crippen LogP contribution < -0.4 is 10.2 Å². The predicted octanol–water partition coefficient (Wildman–Crippen LogP) is 6.38. The van der Waals surface area contributed by atoms with Gasteiger partial charge in [-0.05, 0) is 79.9 Å². The van der Waals surface area contributed by atoms with Crippen LogP contribution in [0.1, 0.15) is 25.0 Å². The number of hydrogen-bond donors (Lipinski definition) is 1. The van der Waals surface area contributed by atoms with Crippen LogP contribution in [0.5, 0.6) is 0 Å². The summed E-state index contributed by atoms with van der Waals surface area (Å²) in [5.74, 6) is 0.547. The first-order valence-electron chi connectivity index (χ1n) is 9.98. The van der Waals surface area contributed by atoms with E-state index < -0.39 is 0 Å². The zero-order chi connectivity index (χ0) is 20.9. The van der Waals surface area contributed by atoms with E-state index in [1.165, 1.54) is 18.6 Å². The van der Waals surface area contributed by atoms with Crippen molar-refractivity contribution in [2.75, 3.05) is 23.3 Å². The van der Waals surface area contributed by atoms with Gasteiger partial charge >= 0.3 is 0 Å². The second kappa shape index (κ2) is 9.18. The maximum Gasteiger partial charge on any atom is 0.248 e. The van der Waals surface area contributed by atoms with Gasteiger partial charge in [-0.15, -0.1) is 0 Å². The van der Waals surface area contributed by atoms with Gasteiger partial charge in [0.15, 0.2) is 0 Å². The number of nitrogens with zero attached hydrogens (tertiary/aromatic N) is 1. The van der Waals surface area contributed by atoms with Gasteiger partial charge in [0.1, 0.15) is 17.3 Å². The zero-order valence-electron chi connectivity index (χ0n) is 16.4. The highest BCUT2D eigenvalue weighted by molar-refractivity contribution is 6.30. The minimum atomic E-state index is -0.357. The Kier molecular flexibility index (Phi) is 6.19. The smallest absolute Gasteiger partial charge is 0.248 e.